The summed E-state index contributed by atoms with van der Waals surface area (Å²) in [5.74, 6) is 0.521. The van der Waals surface area contributed by atoms with Crippen LogP contribution >= 0.6 is 0 Å². The molecule has 1 fully saturated rings. The SMILES string of the molecule is COc1cc(CNC(=O)CN(C)S(=O)(=O)c2ccc(C(C)=O)cc2)ccc1OCC1CCCO1. The molecule has 1 atom stereocenters. The fourth-order valence-corrected chi connectivity index (χ4v) is 4.61. The summed E-state index contributed by atoms with van der Waals surface area (Å²) in [7, 11) is -1.00. The highest BCUT2D eigenvalue weighted by Gasteiger charge is 2.23. The Kier molecular flexibility index (Phi) is 8.65. The smallest absolute Gasteiger partial charge is 0.243 e. The number of hydrogen-bond acceptors (Lipinski definition) is 7. The highest BCUT2D eigenvalue weighted by molar-refractivity contribution is 7.89. The number of methoxy groups -OCH3 is 1. The zero-order chi connectivity index (χ0) is 24.7. The van der Waals surface area contributed by atoms with Gasteiger partial charge in [-0.25, -0.2) is 8.42 Å². The molecule has 9 nitrogen and oxygen atoms in total. The van der Waals surface area contributed by atoms with Gasteiger partial charge in [0.2, 0.25) is 15.9 Å². The average molecular weight is 491 g/mol. The molecular weight excluding hydrogens is 460 g/mol. The summed E-state index contributed by atoms with van der Waals surface area (Å²) >= 11 is 0. The predicted molar refractivity (Wildman–Crippen MR) is 126 cm³/mol. The number of nitrogens with one attached hydrogen (secondary N) is 1. The summed E-state index contributed by atoms with van der Waals surface area (Å²) in [6.45, 7) is 2.46. The van der Waals surface area contributed by atoms with Crippen LogP contribution in [0.15, 0.2) is 47.4 Å². The molecular formula is C24H30N2O7S. The highest BCUT2D eigenvalue weighted by atomic mass is 32.2. The molecule has 1 N–H and O–H groups in total. The van der Waals surface area contributed by atoms with E-state index < -0.39 is 15.9 Å². The van der Waals surface area contributed by atoms with Gasteiger partial charge in [-0.1, -0.05) is 18.2 Å². The van der Waals surface area contributed by atoms with E-state index in [1.807, 2.05) is 6.07 Å². The topological polar surface area (TPSA) is 111 Å². The van der Waals surface area contributed by atoms with Crippen molar-refractivity contribution in [2.24, 2.45) is 0 Å². The first-order valence-electron chi connectivity index (χ1n) is 11.0. The van der Waals surface area contributed by atoms with Crippen molar-refractivity contribution < 1.29 is 32.2 Å². The van der Waals surface area contributed by atoms with E-state index in [1.54, 1.807) is 19.2 Å². The molecule has 0 saturated carbocycles. The third kappa shape index (κ3) is 6.55. The van der Waals surface area contributed by atoms with Crippen molar-refractivity contribution in [1.82, 2.24) is 9.62 Å². The Bertz CT molecular complexity index is 1110. The number of ketones is 1. The molecule has 1 amide bonds. The van der Waals surface area contributed by atoms with Gasteiger partial charge in [-0.15, -0.1) is 0 Å². The normalized spacial score (nSPS) is 15.8. The van der Waals surface area contributed by atoms with Crippen LogP contribution in [0.4, 0.5) is 0 Å². The van der Waals surface area contributed by atoms with Gasteiger partial charge in [0.25, 0.3) is 0 Å². The molecule has 3 rings (SSSR count). The maximum atomic E-state index is 12.7. The minimum atomic E-state index is -3.87. The maximum absolute atomic E-state index is 12.7. The van der Waals surface area contributed by atoms with Crippen molar-refractivity contribution in [3.05, 3.63) is 53.6 Å². The second-order valence-corrected chi connectivity index (χ2v) is 10.1. The van der Waals surface area contributed by atoms with E-state index in [9.17, 15) is 18.0 Å². The van der Waals surface area contributed by atoms with E-state index in [0.717, 1.165) is 29.3 Å². The van der Waals surface area contributed by atoms with Crippen LogP contribution in [-0.2, 0) is 26.1 Å². The Balaban J connectivity index is 1.54. The molecule has 34 heavy (non-hydrogen) atoms. The summed E-state index contributed by atoms with van der Waals surface area (Å²) < 4.78 is 43.2. The van der Waals surface area contributed by atoms with Crippen LogP contribution in [0.5, 0.6) is 11.5 Å². The molecule has 1 aliphatic heterocycles. The van der Waals surface area contributed by atoms with Crippen LogP contribution in [0.2, 0.25) is 0 Å². The quantitative estimate of drug-likeness (QED) is 0.482. The molecule has 0 radical (unpaired) electrons. The molecule has 1 saturated heterocycles. The Morgan fingerprint density at radius 3 is 2.50 bits per heavy atom. The Labute approximate surface area is 200 Å². The van der Waals surface area contributed by atoms with Crippen LogP contribution in [0.3, 0.4) is 0 Å². The van der Waals surface area contributed by atoms with Crippen LogP contribution in [0.1, 0.15) is 35.7 Å². The number of benzene rings is 2. The second kappa shape index (κ2) is 11.5. The lowest BCUT2D eigenvalue weighted by atomic mass is 10.2. The van der Waals surface area contributed by atoms with Gasteiger partial charge in [-0.2, -0.15) is 4.31 Å². The number of sulfonamides is 1. The van der Waals surface area contributed by atoms with Crippen molar-refractivity contribution in [3.63, 3.8) is 0 Å². The molecule has 0 aliphatic carbocycles. The fourth-order valence-electron chi connectivity index (χ4n) is 3.49. The summed E-state index contributed by atoms with van der Waals surface area (Å²) in [6.07, 6.45) is 2.09. The van der Waals surface area contributed by atoms with Gasteiger partial charge in [0.05, 0.1) is 24.7 Å². The Morgan fingerprint density at radius 1 is 1.15 bits per heavy atom. The zero-order valence-electron chi connectivity index (χ0n) is 19.6. The molecule has 1 aliphatic rings. The number of Topliss-reactive ketones (excluding diaryl/α,β-unsaturated/α-hetero) is 1. The predicted octanol–water partition coefficient (Wildman–Crippen LogP) is 2.39. The van der Waals surface area contributed by atoms with Gasteiger partial charge >= 0.3 is 0 Å². The number of hydrogen-bond donors (Lipinski definition) is 1. The van der Waals surface area contributed by atoms with E-state index in [4.69, 9.17) is 14.2 Å². The van der Waals surface area contributed by atoms with Gasteiger partial charge < -0.3 is 19.5 Å². The van der Waals surface area contributed by atoms with Gasteiger partial charge in [0.15, 0.2) is 17.3 Å². The Morgan fingerprint density at radius 2 is 1.88 bits per heavy atom. The number of carbonyl (C=O) groups excluding carboxylic acids is 2. The zero-order valence-corrected chi connectivity index (χ0v) is 20.4. The highest BCUT2D eigenvalue weighted by Crippen LogP contribution is 2.29. The number of ether oxygens (including phenoxy) is 3. The number of rotatable bonds is 11. The molecule has 1 heterocycles. The molecule has 0 bridgehead atoms. The van der Waals surface area contributed by atoms with Crippen LogP contribution in [-0.4, -0.2) is 64.4 Å². The van der Waals surface area contributed by atoms with E-state index in [2.05, 4.69) is 5.32 Å². The number of amides is 1. The minimum Gasteiger partial charge on any atom is -0.493 e. The first-order valence-corrected chi connectivity index (χ1v) is 12.4. The van der Waals surface area contributed by atoms with E-state index >= 15 is 0 Å². The second-order valence-electron chi connectivity index (χ2n) is 8.05. The molecule has 0 aromatic heterocycles. The van der Waals surface area contributed by atoms with Crippen LogP contribution in [0, 0.1) is 0 Å². The van der Waals surface area contributed by atoms with Crippen LogP contribution in [0.25, 0.3) is 0 Å². The molecule has 1 unspecified atom stereocenters. The number of carbonyl (C=O) groups is 2. The van der Waals surface area contributed by atoms with Gasteiger partial charge in [-0.05, 0) is 49.6 Å². The molecule has 10 heteroatoms. The minimum absolute atomic E-state index is 0.0103. The molecule has 0 spiro atoms. The lowest BCUT2D eigenvalue weighted by Crippen LogP contribution is -2.38. The lowest BCUT2D eigenvalue weighted by molar-refractivity contribution is -0.121. The van der Waals surface area contributed by atoms with Crippen molar-refractivity contribution in [2.75, 3.05) is 33.9 Å². The van der Waals surface area contributed by atoms with Crippen molar-refractivity contribution >= 4 is 21.7 Å². The Hall–Kier alpha value is -2.95. The van der Waals surface area contributed by atoms with Gasteiger partial charge in [0.1, 0.15) is 6.61 Å². The third-order valence-electron chi connectivity index (χ3n) is 5.50. The number of nitrogens with zero attached hydrogens (tertiary/aromatic N) is 1. The van der Waals surface area contributed by atoms with Crippen molar-refractivity contribution in [1.29, 1.82) is 0 Å². The van der Waals surface area contributed by atoms with E-state index in [0.29, 0.717) is 23.7 Å². The standard InChI is InChI=1S/C24H30N2O7S/c1-17(27)19-7-9-21(10-8-19)34(29,30)26(2)15-24(28)25-14-18-6-11-22(23(13-18)31-3)33-16-20-5-4-12-32-20/h6-11,13,20H,4-5,12,14-16H2,1-3H3,(H,25,28). The fraction of sp³-hybridized carbons (Fsp3) is 0.417. The van der Waals surface area contributed by atoms with Crippen molar-refractivity contribution in [2.45, 2.75) is 37.3 Å². The van der Waals surface area contributed by atoms with E-state index in [1.165, 1.54) is 38.2 Å². The van der Waals surface area contributed by atoms with Crippen LogP contribution < -0.4 is 14.8 Å². The number of likely N-dealkylation sites (N-methyl/N-ethyl adjacent to an activating group) is 1. The third-order valence-corrected chi connectivity index (χ3v) is 7.32. The monoisotopic (exact) mass is 490 g/mol. The molecule has 184 valence electrons. The lowest BCUT2D eigenvalue weighted by Gasteiger charge is -2.17. The first kappa shape index (κ1) is 25.7. The largest absolute Gasteiger partial charge is 0.493 e. The molecule has 2 aromatic rings. The maximum Gasteiger partial charge on any atom is 0.243 e. The summed E-state index contributed by atoms with van der Waals surface area (Å²) in [4.78, 5) is 23.8. The summed E-state index contributed by atoms with van der Waals surface area (Å²) in [5, 5.41) is 2.72. The van der Waals surface area contributed by atoms with E-state index in [-0.39, 0.29) is 29.9 Å². The van der Waals surface area contributed by atoms with Gasteiger partial charge in [0, 0.05) is 25.8 Å². The van der Waals surface area contributed by atoms with Crippen molar-refractivity contribution in [3.8, 4) is 11.5 Å². The average Bonchev–Trinajstić information content (AvgIpc) is 3.35. The van der Waals surface area contributed by atoms with Gasteiger partial charge in [-0.3, -0.25) is 9.59 Å². The summed E-state index contributed by atoms with van der Waals surface area (Å²) in [5.41, 5.74) is 1.19. The molecule has 2 aromatic carbocycles. The first-order chi connectivity index (χ1) is 16.2. The summed E-state index contributed by atoms with van der Waals surface area (Å²) in [6, 6.07) is 11.0.